The summed E-state index contributed by atoms with van der Waals surface area (Å²) in [6.07, 6.45) is 1.14. The topological polar surface area (TPSA) is 58.4 Å². The van der Waals surface area contributed by atoms with E-state index in [4.69, 9.17) is 11.6 Å². The Morgan fingerprint density at radius 3 is 2.84 bits per heavy atom. The van der Waals surface area contributed by atoms with Crippen LogP contribution in [0.2, 0.25) is 5.02 Å². The van der Waals surface area contributed by atoms with Gasteiger partial charge in [-0.15, -0.1) is 12.4 Å². The number of nitrogens with one attached hydrogen (secondary N) is 1. The second-order valence-electron chi connectivity index (χ2n) is 4.55. The highest BCUT2D eigenvalue weighted by molar-refractivity contribution is 6.32. The summed E-state index contributed by atoms with van der Waals surface area (Å²) < 4.78 is 0. The number of rotatable bonds is 4. The van der Waals surface area contributed by atoms with Crippen molar-refractivity contribution < 1.29 is 4.92 Å². The molecule has 1 N–H and O–H groups in total. The maximum Gasteiger partial charge on any atom is 0.287 e. The number of benzene rings is 1. The molecule has 1 aliphatic heterocycles. The van der Waals surface area contributed by atoms with Gasteiger partial charge in [-0.1, -0.05) is 17.7 Å². The zero-order valence-corrected chi connectivity index (χ0v) is 12.2. The number of nitro benzene ring substituents is 1. The first-order chi connectivity index (χ1) is 8.60. The van der Waals surface area contributed by atoms with Crippen molar-refractivity contribution in [3.63, 3.8) is 0 Å². The largest absolute Gasteiger partial charge is 0.316 e. The van der Waals surface area contributed by atoms with Crippen LogP contribution in [0.3, 0.4) is 0 Å². The number of halogens is 2. The van der Waals surface area contributed by atoms with Gasteiger partial charge in [0, 0.05) is 31.7 Å². The molecular formula is C12H17Cl2N3O2. The number of likely N-dealkylation sites (N-methyl/N-ethyl adjacent to an activating group) is 1. The molecule has 7 heteroatoms. The zero-order valence-electron chi connectivity index (χ0n) is 10.6. The van der Waals surface area contributed by atoms with Crippen LogP contribution >= 0.6 is 24.0 Å². The highest BCUT2D eigenvalue weighted by Gasteiger charge is 2.21. The fraction of sp³-hybridized carbons (Fsp3) is 0.500. The van der Waals surface area contributed by atoms with E-state index in [1.807, 2.05) is 7.05 Å². The Bertz CT molecular complexity index is 457. The lowest BCUT2D eigenvalue weighted by Crippen LogP contribution is -2.29. The van der Waals surface area contributed by atoms with Crippen LogP contribution in [0, 0.1) is 10.1 Å². The lowest BCUT2D eigenvalue weighted by atomic mass is 10.2. The first kappa shape index (κ1) is 16.2. The fourth-order valence-electron chi connectivity index (χ4n) is 2.27. The smallest absolute Gasteiger partial charge is 0.287 e. The summed E-state index contributed by atoms with van der Waals surface area (Å²) in [5.41, 5.74) is 0.984. The van der Waals surface area contributed by atoms with E-state index in [1.165, 1.54) is 6.07 Å². The predicted octanol–water partition coefficient (Wildman–Crippen LogP) is 2.46. The normalized spacial score (nSPS) is 19.2. The molecule has 106 valence electrons. The molecular weight excluding hydrogens is 289 g/mol. The molecule has 1 fully saturated rings. The Kier molecular flexibility index (Phi) is 6.00. The van der Waals surface area contributed by atoms with Gasteiger partial charge in [-0.05, 0) is 25.1 Å². The van der Waals surface area contributed by atoms with Crippen molar-refractivity contribution in [1.29, 1.82) is 0 Å². The highest BCUT2D eigenvalue weighted by Crippen LogP contribution is 2.26. The van der Waals surface area contributed by atoms with Gasteiger partial charge in [0.1, 0.15) is 5.02 Å². The van der Waals surface area contributed by atoms with E-state index in [0.717, 1.165) is 31.6 Å². The molecule has 1 heterocycles. The summed E-state index contributed by atoms with van der Waals surface area (Å²) in [6.45, 7) is 2.83. The highest BCUT2D eigenvalue weighted by atomic mass is 35.5. The lowest BCUT2D eigenvalue weighted by molar-refractivity contribution is -0.384. The lowest BCUT2D eigenvalue weighted by Gasteiger charge is -2.15. The summed E-state index contributed by atoms with van der Waals surface area (Å²) in [7, 11) is 1.97. The fourth-order valence-corrected chi connectivity index (χ4v) is 2.54. The van der Waals surface area contributed by atoms with Crippen molar-refractivity contribution in [2.75, 3.05) is 20.1 Å². The third-order valence-electron chi connectivity index (χ3n) is 3.30. The van der Waals surface area contributed by atoms with Crippen molar-refractivity contribution in [2.24, 2.45) is 0 Å². The van der Waals surface area contributed by atoms with Crippen molar-refractivity contribution in [3.05, 3.63) is 38.9 Å². The Balaban J connectivity index is 0.00000180. The molecule has 0 aliphatic carbocycles. The van der Waals surface area contributed by atoms with Gasteiger partial charge in [0.25, 0.3) is 5.69 Å². The summed E-state index contributed by atoms with van der Waals surface area (Å²) >= 11 is 5.89. The maximum absolute atomic E-state index is 10.7. The number of nitro groups is 1. The minimum Gasteiger partial charge on any atom is -0.316 e. The maximum atomic E-state index is 10.7. The van der Waals surface area contributed by atoms with Gasteiger partial charge < -0.3 is 5.32 Å². The number of hydrogen-bond donors (Lipinski definition) is 1. The van der Waals surface area contributed by atoms with Crippen molar-refractivity contribution in [3.8, 4) is 0 Å². The molecule has 5 nitrogen and oxygen atoms in total. The summed E-state index contributed by atoms with van der Waals surface area (Å²) in [6, 6.07) is 5.48. The minimum atomic E-state index is -0.459. The van der Waals surface area contributed by atoms with Crippen LogP contribution in [0.5, 0.6) is 0 Å². The van der Waals surface area contributed by atoms with E-state index in [1.54, 1.807) is 12.1 Å². The summed E-state index contributed by atoms with van der Waals surface area (Å²) in [4.78, 5) is 12.5. The SMILES string of the molecule is CNC1CCN(Cc2ccc([N+](=O)[O-])c(Cl)c2)C1.Cl. The van der Waals surface area contributed by atoms with E-state index in [-0.39, 0.29) is 23.1 Å². The average molecular weight is 306 g/mol. The third kappa shape index (κ3) is 4.04. The van der Waals surface area contributed by atoms with E-state index in [0.29, 0.717) is 6.04 Å². The molecule has 0 saturated carbocycles. The van der Waals surface area contributed by atoms with Crippen LogP contribution in [0.15, 0.2) is 18.2 Å². The van der Waals surface area contributed by atoms with Crippen LogP contribution in [-0.4, -0.2) is 36.0 Å². The molecule has 1 aliphatic rings. The monoisotopic (exact) mass is 305 g/mol. The van der Waals surface area contributed by atoms with E-state index < -0.39 is 4.92 Å². The van der Waals surface area contributed by atoms with Crippen LogP contribution in [-0.2, 0) is 6.54 Å². The molecule has 0 amide bonds. The second kappa shape index (κ2) is 7.05. The molecule has 1 aromatic rings. The minimum absolute atomic E-state index is 0. The number of nitrogens with zero attached hydrogens (tertiary/aromatic N) is 2. The quantitative estimate of drug-likeness (QED) is 0.686. The second-order valence-corrected chi connectivity index (χ2v) is 4.96. The molecule has 0 aromatic heterocycles. The van der Waals surface area contributed by atoms with Gasteiger partial charge in [-0.3, -0.25) is 15.0 Å². The van der Waals surface area contributed by atoms with Crippen molar-refractivity contribution in [1.82, 2.24) is 10.2 Å². The molecule has 1 aromatic carbocycles. The summed E-state index contributed by atoms with van der Waals surface area (Å²) in [5, 5.41) is 14.1. The molecule has 1 unspecified atom stereocenters. The van der Waals surface area contributed by atoms with Gasteiger partial charge >= 0.3 is 0 Å². The third-order valence-corrected chi connectivity index (χ3v) is 3.60. The molecule has 1 saturated heterocycles. The molecule has 1 atom stereocenters. The van der Waals surface area contributed by atoms with Gasteiger partial charge in [0.2, 0.25) is 0 Å². The van der Waals surface area contributed by atoms with Crippen LogP contribution < -0.4 is 5.32 Å². The summed E-state index contributed by atoms with van der Waals surface area (Å²) in [5.74, 6) is 0. The average Bonchev–Trinajstić information content (AvgIpc) is 2.76. The number of likely N-dealkylation sites (tertiary alicyclic amines) is 1. The van der Waals surface area contributed by atoms with E-state index >= 15 is 0 Å². The van der Waals surface area contributed by atoms with E-state index in [2.05, 4.69) is 10.2 Å². The number of hydrogen-bond acceptors (Lipinski definition) is 4. The van der Waals surface area contributed by atoms with Gasteiger partial charge in [-0.2, -0.15) is 0 Å². The van der Waals surface area contributed by atoms with Gasteiger partial charge in [0.05, 0.1) is 4.92 Å². The molecule has 19 heavy (non-hydrogen) atoms. The molecule has 0 bridgehead atoms. The Labute approximate surface area is 123 Å². The zero-order chi connectivity index (χ0) is 13.1. The van der Waals surface area contributed by atoms with Crippen LogP contribution in [0.25, 0.3) is 0 Å². The molecule has 2 rings (SSSR count). The predicted molar refractivity (Wildman–Crippen MR) is 78.1 cm³/mol. The first-order valence-corrected chi connectivity index (χ1v) is 6.30. The van der Waals surface area contributed by atoms with Gasteiger partial charge in [0.15, 0.2) is 0 Å². The van der Waals surface area contributed by atoms with E-state index in [9.17, 15) is 10.1 Å². The van der Waals surface area contributed by atoms with Crippen LogP contribution in [0.1, 0.15) is 12.0 Å². The first-order valence-electron chi connectivity index (χ1n) is 5.92. The van der Waals surface area contributed by atoms with Crippen molar-refractivity contribution >= 4 is 29.7 Å². The molecule has 0 radical (unpaired) electrons. The molecule has 0 spiro atoms. The van der Waals surface area contributed by atoms with Crippen LogP contribution in [0.4, 0.5) is 5.69 Å². The van der Waals surface area contributed by atoms with Gasteiger partial charge in [-0.25, -0.2) is 0 Å². The standard InChI is InChI=1S/C12H16ClN3O2.ClH/c1-14-10-4-5-15(8-10)7-9-2-3-12(16(17)18)11(13)6-9;/h2-3,6,10,14H,4-5,7-8H2,1H3;1H. The van der Waals surface area contributed by atoms with Crippen molar-refractivity contribution in [2.45, 2.75) is 19.0 Å². The Morgan fingerprint density at radius 1 is 1.58 bits per heavy atom. The Morgan fingerprint density at radius 2 is 2.32 bits per heavy atom. The Hall–Kier alpha value is -0.880.